The first-order valence-electron chi connectivity index (χ1n) is 11.1. The van der Waals surface area contributed by atoms with Crippen molar-refractivity contribution in [1.29, 1.82) is 0 Å². The summed E-state index contributed by atoms with van der Waals surface area (Å²) < 4.78 is 11.1. The van der Waals surface area contributed by atoms with Gasteiger partial charge in [0.2, 0.25) is 0 Å². The number of amides is 1. The van der Waals surface area contributed by atoms with Crippen LogP contribution in [-0.4, -0.2) is 43.2 Å². The molecule has 0 bridgehead atoms. The Bertz CT molecular complexity index is 1170. The molecule has 0 spiro atoms. The Hall–Kier alpha value is -2.23. The van der Waals surface area contributed by atoms with Crippen molar-refractivity contribution in [3.05, 3.63) is 105 Å². The van der Waals surface area contributed by atoms with Gasteiger partial charge in [-0.25, -0.2) is 0 Å². The maximum Gasteiger partial charge on any atom is 1.00 e. The average Bonchev–Trinajstić information content (AvgIpc) is 2.87. The molecule has 10 heteroatoms. The van der Waals surface area contributed by atoms with Gasteiger partial charge in [0.25, 0.3) is 5.91 Å². The minimum atomic E-state index is -1.42. The molecule has 0 radical (unpaired) electrons. The number of carbonyl (C=O) groups excluding carboxylic acids is 2. The van der Waals surface area contributed by atoms with Crippen LogP contribution in [-0.2, 0) is 14.3 Å². The fourth-order valence-corrected chi connectivity index (χ4v) is 3.98. The Morgan fingerprint density at radius 2 is 1.73 bits per heavy atom. The molecular formula is C27H25Cl2N2NaO5. The molecule has 0 aliphatic rings. The first-order valence-corrected chi connectivity index (χ1v) is 11.9. The first-order chi connectivity index (χ1) is 17.4. The van der Waals surface area contributed by atoms with Crippen molar-refractivity contribution in [2.45, 2.75) is 18.6 Å². The number of aromatic nitrogens is 1. The quantitative estimate of drug-likeness (QED) is 0.268. The standard InChI is InChI=1S/C27H26Cl2N2O5.Na/c1-35-16-17-36-25(22-9-2-3-15-30-22)19-13-11-18(12-14-19)6-4-10-23(27(33)34)31-26(32)24-20(28)7-5-8-21(24)29;/h2-9,11-15,23,25H,10,16-17H2,1H3,(H,31,32)(H,33,34);/q;+1/p-1/b6-4+;. The molecule has 3 aromatic rings. The van der Waals surface area contributed by atoms with Crippen LogP contribution >= 0.6 is 23.2 Å². The van der Waals surface area contributed by atoms with Crippen molar-refractivity contribution >= 4 is 41.2 Å². The number of ether oxygens (including phenoxy) is 2. The second-order valence-electron chi connectivity index (χ2n) is 7.74. The van der Waals surface area contributed by atoms with Crippen molar-refractivity contribution in [2.75, 3.05) is 20.3 Å². The summed E-state index contributed by atoms with van der Waals surface area (Å²) in [7, 11) is 1.61. The number of hydrogen-bond donors (Lipinski definition) is 1. The van der Waals surface area contributed by atoms with E-state index in [4.69, 9.17) is 32.7 Å². The molecule has 2 unspecified atom stereocenters. The summed E-state index contributed by atoms with van der Waals surface area (Å²) in [5, 5.41) is 14.3. The van der Waals surface area contributed by atoms with Crippen molar-refractivity contribution in [2.24, 2.45) is 0 Å². The van der Waals surface area contributed by atoms with Crippen LogP contribution in [0.1, 0.15) is 39.7 Å². The number of rotatable bonds is 12. The number of carboxylic acids is 1. The Morgan fingerprint density at radius 3 is 2.32 bits per heavy atom. The van der Waals surface area contributed by atoms with E-state index in [2.05, 4.69) is 10.3 Å². The van der Waals surface area contributed by atoms with Gasteiger partial charge in [0.1, 0.15) is 6.10 Å². The van der Waals surface area contributed by atoms with Crippen LogP contribution in [0.3, 0.4) is 0 Å². The van der Waals surface area contributed by atoms with Gasteiger partial charge in [-0.15, -0.1) is 0 Å². The fourth-order valence-electron chi connectivity index (χ4n) is 3.41. The molecule has 2 aromatic carbocycles. The number of carboxylic acid groups (broad SMARTS) is 1. The summed E-state index contributed by atoms with van der Waals surface area (Å²) in [6.45, 7) is 0.873. The molecule has 37 heavy (non-hydrogen) atoms. The van der Waals surface area contributed by atoms with Gasteiger partial charge in [-0.05, 0) is 41.8 Å². The van der Waals surface area contributed by atoms with Gasteiger partial charge in [-0.3, -0.25) is 9.78 Å². The molecule has 0 aliphatic heterocycles. The third-order valence-corrected chi connectivity index (χ3v) is 5.86. The molecular weight excluding hydrogens is 526 g/mol. The predicted molar refractivity (Wildman–Crippen MR) is 137 cm³/mol. The summed E-state index contributed by atoms with van der Waals surface area (Å²) in [6, 6.07) is 16.6. The normalized spacial score (nSPS) is 12.5. The van der Waals surface area contributed by atoms with Gasteiger partial charge >= 0.3 is 29.6 Å². The maximum absolute atomic E-state index is 12.5. The molecule has 2 atom stereocenters. The van der Waals surface area contributed by atoms with Crippen molar-refractivity contribution in [3.63, 3.8) is 0 Å². The van der Waals surface area contributed by atoms with Crippen LogP contribution in [0.15, 0.2) is 72.9 Å². The number of nitrogens with zero attached hydrogens (tertiary/aromatic N) is 1. The second kappa shape index (κ2) is 15.9. The Labute approximate surface area is 248 Å². The molecule has 0 aliphatic carbocycles. The fraction of sp³-hybridized carbons (Fsp3) is 0.222. The summed E-state index contributed by atoms with van der Waals surface area (Å²) in [6.07, 6.45) is 4.78. The van der Waals surface area contributed by atoms with Gasteiger partial charge in [-0.1, -0.05) is 71.8 Å². The molecule has 3 rings (SSSR count). The van der Waals surface area contributed by atoms with E-state index in [0.717, 1.165) is 16.8 Å². The number of nitrogens with one attached hydrogen (secondary N) is 1. The van der Waals surface area contributed by atoms with Gasteiger partial charge < -0.3 is 24.7 Å². The topological polar surface area (TPSA) is 101 Å². The molecule has 0 fully saturated rings. The van der Waals surface area contributed by atoms with Crippen LogP contribution in [0.2, 0.25) is 10.0 Å². The van der Waals surface area contributed by atoms with Gasteiger partial charge in [0.05, 0.1) is 46.5 Å². The molecule has 1 aromatic heterocycles. The molecule has 0 saturated carbocycles. The number of benzene rings is 2. The Balaban J connectivity index is 0.00000481. The van der Waals surface area contributed by atoms with E-state index in [-0.39, 0.29) is 57.7 Å². The SMILES string of the molecule is COCCOC(c1ccc(/C=C/CC(NC(=O)c2c(Cl)cccc2Cl)C(=O)[O-])cc1)c1ccccn1.[Na+]. The number of methoxy groups -OCH3 is 1. The van der Waals surface area contributed by atoms with E-state index in [1.807, 2.05) is 42.5 Å². The van der Waals surface area contributed by atoms with E-state index < -0.39 is 17.9 Å². The largest absolute Gasteiger partial charge is 1.00 e. The third-order valence-electron chi connectivity index (χ3n) is 5.23. The number of hydrogen-bond acceptors (Lipinski definition) is 6. The number of carbonyl (C=O) groups is 2. The van der Waals surface area contributed by atoms with E-state index in [0.29, 0.717) is 13.2 Å². The molecule has 1 heterocycles. The summed E-state index contributed by atoms with van der Waals surface area (Å²) in [5.74, 6) is -2.11. The minimum Gasteiger partial charge on any atom is -0.548 e. The molecule has 188 valence electrons. The van der Waals surface area contributed by atoms with E-state index in [9.17, 15) is 14.7 Å². The van der Waals surface area contributed by atoms with Gasteiger partial charge in [0.15, 0.2) is 0 Å². The van der Waals surface area contributed by atoms with E-state index in [1.54, 1.807) is 31.5 Å². The predicted octanol–water partition coefficient (Wildman–Crippen LogP) is 1.10. The van der Waals surface area contributed by atoms with E-state index in [1.165, 1.54) is 12.1 Å². The van der Waals surface area contributed by atoms with Crippen LogP contribution < -0.4 is 40.0 Å². The smallest absolute Gasteiger partial charge is 0.548 e. The van der Waals surface area contributed by atoms with E-state index >= 15 is 0 Å². The minimum absolute atomic E-state index is 0. The Morgan fingerprint density at radius 1 is 1.03 bits per heavy atom. The summed E-state index contributed by atoms with van der Waals surface area (Å²) in [4.78, 5) is 28.5. The van der Waals surface area contributed by atoms with Crippen LogP contribution in [0, 0.1) is 0 Å². The number of aliphatic carboxylic acids is 1. The van der Waals surface area contributed by atoms with Crippen molar-refractivity contribution < 1.29 is 53.7 Å². The number of halogens is 2. The molecule has 0 saturated heterocycles. The molecule has 1 N–H and O–H groups in total. The molecule has 7 nitrogen and oxygen atoms in total. The second-order valence-corrected chi connectivity index (χ2v) is 8.56. The number of pyridine rings is 1. The first kappa shape index (κ1) is 31.0. The van der Waals surface area contributed by atoms with Crippen LogP contribution in [0.5, 0.6) is 0 Å². The maximum atomic E-state index is 12.5. The monoisotopic (exact) mass is 550 g/mol. The third kappa shape index (κ3) is 9.23. The van der Waals surface area contributed by atoms with Gasteiger partial charge in [-0.2, -0.15) is 0 Å². The summed E-state index contributed by atoms with van der Waals surface area (Å²) in [5.41, 5.74) is 2.55. The zero-order valence-corrected chi connectivity index (χ0v) is 24.0. The van der Waals surface area contributed by atoms with Crippen LogP contribution in [0.25, 0.3) is 6.08 Å². The molecule has 1 amide bonds. The zero-order valence-electron chi connectivity index (χ0n) is 20.5. The Kier molecular flexibility index (Phi) is 13.3. The van der Waals surface area contributed by atoms with Gasteiger partial charge in [0, 0.05) is 13.3 Å². The van der Waals surface area contributed by atoms with Crippen molar-refractivity contribution in [3.8, 4) is 0 Å². The summed E-state index contributed by atoms with van der Waals surface area (Å²) >= 11 is 12.1. The average molecular weight is 551 g/mol. The zero-order chi connectivity index (χ0) is 25.9. The van der Waals surface area contributed by atoms with Crippen molar-refractivity contribution in [1.82, 2.24) is 10.3 Å². The van der Waals surface area contributed by atoms with Crippen LogP contribution in [0.4, 0.5) is 0 Å².